The van der Waals surface area contributed by atoms with Gasteiger partial charge in [-0.25, -0.2) is 0 Å². The van der Waals surface area contributed by atoms with E-state index in [1.165, 1.54) is 360 Å². The van der Waals surface area contributed by atoms with Gasteiger partial charge < -0.3 is 0 Å². The minimum Gasteiger partial charge on any atom is -0.0654 e. The van der Waals surface area contributed by atoms with Crippen LogP contribution in [-0.2, 0) is 0 Å². The van der Waals surface area contributed by atoms with E-state index in [4.69, 9.17) is 0 Å². The van der Waals surface area contributed by atoms with Gasteiger partial charge in [-0.05, 0) is 0 Å². The molecule has 0 aliphatic heterocycles. The van der Waals surface area contributed by atoms with E-state index >= 15 is 0 Å². The molecule has 0 bridgehead atoms. The van der Waals surface area contributed by atoms with Crippen molar-refractivity contribution in [1.29, 1.82) is 0 Å². The van der Waals surface area contributed by atoms with Gasteiger partial charge in [-0.3, -0.25) is 0 Å². The minimum atomic E-state index is 1.37. The summed E-state index contributed by atoms with van der Waals surface area (Å²) >= 11 is 0. The quantitative estimate of drug-likeness (QED) is 0.0533. The average Bonchev–Trinajstić information content (AvgIpc) is 3.38. The molecule has 70 heavy (non-hydrogen) atoms. The van der Waals surface area contributed by atoms with Gasteiger partial charge in [-0.15, -0.1) is 0 Å². The zero-order valence-electron chi connectivity index (χ0n) is 53.6. The van der Waals surface area contributed by atoms with Gasteiger partial charge in [0.15, 0.2) is 0 Å². The minimum absolute atomic E-state index is 1.37. The van der Waals surface area contributed by atoms with Crippen LogP contribution in [-0.4, -0.2) is 0 Å². The van der Waals surface area contributed by atoms with Crippen LogP contribution in [0.1, 0.15) is 456 Å². The van der Waals surface area contributed by atoms with Crippen LogP contribution in [0.15, 0.2) is 0 Å². The maximum atomic E-state index is 2.27. The molecule has 0 heterocycles. The molecular formula is C70H154. The van der Waals surface area contributed by atoms with Gasteiger partial charge in [0.25, 0.3) is 0 Å². The monoisotopic (exact) mass is 995 g/mol. The number of unbranched alkanes of at least 4 members (excludes halogenated alkanes) is 49. The Morgan fingerprint density at radius 2 is 0.114 bits per heavy atom. The van der Waals surface area contributed by atoms with Crippen molar-refractivity contribution in [3.63, 3.8) is 0 Å². The van der Waals surface area contributed by atoms with Crippen LogP contribution in [0.25, 0.3) is 0 Å². The molecular weight excluding hydrogens is 841 g/mol. The van der Waals surface area contributed by atoms with E-state index in [-0.39, 0.29) is 0 Å². The molecule has 0 N–H and O–H groups in total. The highest BCUT2D eigenvalue weighted by Crippen LogP contribution is 2.12. The third-order valence-electron chi connectivity index (χ3n) is 13.7. The normalized spacial score (nSPS) is 10.2. The first-order chi connectivity index (χ1) is 34.4. The Balaban J connectivity index is -0.000000132. The summed E-state index contributed by atoms with van der Waals surface area (Å²) in [5.74, 6) is 0. The second-order valence-corrected chi connectivity index (χ2v) is 21.8. The molecule has 0 atom stereocenters. The Morgan fingerprint density at radius 1 is 0.0714 bits per heavy atom. The Labute approximate surface area is 454 Å². The van der Waals surface area contributed by atoms with Crippen molar-refractivity contribution in [3.05, 3.63) is 0 Å². The predicted molar refractivity (Wildman–Crippen MR) is 338 cm³/mol. The molecule has 0 fully saturated rings. The molecule has 0 aliphatic rings. The van der Waals surface area contributed by atoms with Crippen molar-refractivity contribution in [3.8, 4) is 0 Å². The maximum Gasteiger partial charge on any atom is -0.0533 e. The third kappa shape index (κ3) is 127. The molecule has 0 radical (unpaired) electrons. The summed E-state index contributed by atoms with van der Waals surface area (Å²) in [6.07, 6.45) is 80.2. The lowest BCUT2D eigenvalue weighted by atomic mass is 10.1. The van der Waals surface area contributed by atoms with Crippen LogP contribution in [0.5, 0.6) is 0 Å². The number of rotatable bonds is 49. The Morgan fingerprint density at radius 3 is 0.157 bits per heavy atom. The van der Waals surface area contributed by atoms with Crippen molar-refractivity contribution in [2.75, 3.05) is 0 Å². The lowest BCUT2D eigenvalue weighted by Gasteiger charge is -1.97. The maximum absolute atomic E-state index is 2.27. The second kappa shape index (κ2) is 102. The highest BCUT2D eigenvalue weighted by atomic mass is 14.0. The first-order valence-electron chi connectivity index (χ1n) is 34.4. The Bertz CT molecular complexity index is 437. The largest absolute Gasteiger partial charge is 0.0654 e. The van der Waals surface area contributed by atoms with Gasteiger partial charge in [-0.2, -0.15) is 0 Å². The van der Waals surface area contributed by atoms with E-state index in [0.29, 0.717) is 0 Å². The van der Waals surface area contributed by atoms with Crippen LogP contribution >= 0.6 is 0 Å². The van der Waals surface area contributed by atoms with Crippen molar-refractivity contribution < 1.29 is 0 Å². The number of hydrogen-bond donors (Lipinski definition) is 0. The summed E-state index contributed by atoms with van der Waals surface area (Å²) in [6.45, 7) is 31.8. The molecule has 0 unspecified atom stereocenters. The summed E-state index contributed by atoms with van der Waals surface area (Å²) in [4.78, 5) is 0. The molecule has 0 aromatic heterocycles. The van der Waals surface area contributed by atoms with E-state index < -0.39 is 0 Å². The Hall–Kier alpha value is 0. The van der Waals surface area contributed by atoms with Gasteiger partial charge in [0.2, 0.25) is 0 Å². The fraction of sp³-hybridized carbons (Fsp3) is 1.00. The van der Waals surface area contributed by atoms with E-state index in [0.717, 1.165) is 0 Å². The summed E-state index contributed by atoms with van der Waals surface area (Å²) < 4.78 is 0. The first-order valence-corrected chi connectivity index (χ1v) is 34.4. The lowest BCUT2D eigenvalue weighted by molar-refractivity contribution is 0.585. The van der Waals surface area contributed by atoms with Crippen LogP contribution < -0.4 is 0 Å². The Kier molecular flexibility index (Phi) is 122. The van der Waals surface area contributed by atoms with Crippen LogP contribution in [0, 0.1) is 0 Å². The summed E-state index contributed by atoms with van der Waals surface area (Å²) in [6, 6.07) is 0. The smallest absolute Gasteiger partial charge is 0.0533 e. The van der Waals surface area contributed by atoms with Crippen molar-refractivity contribution in [2.45, 2.75) is 456 Å². The first kappa shape index (κ1) is 84.0. The molecule has 0 saturated heterocycles. The molecule has 0 aromatic rings. The fourth-order valence-corrected chi connectivity index (χ4v) is 8.45. The van der Waals surface area contributed by atoms with Gasteiger partial charge in [0.05, 0.1) is 0 Å². The molecule has 0 saturated carbocycles. The fourth-order valence-electron chi connectivity index (χ4n) is 8.45. The highest BCUT2D eigenvalue weighted by Gasteiger charge is 1.92. The van der Waals surface area contributed by atoms with Crippen molar-refractivity contribution in [2.24, 2.45) is 0 Å². The molecule has 0 rings (SSSR count). The number of hydrogen-bond acceptors (Lipinski definition) is 0. The SMILES string of the molecule is CCCCCCCCCC.CCCCCCCCCC.CCCCCCCCCC.CCCCCCCCCC.CCCCCCCCCC.CCCCCCCCCC.CCCCCCCCCC. The van der Waals surface area contributed by atoms with Crippen molar-refractivity contribution >= 4 is 0 Å². The molecule has 0 spiro atoms. The zero-order valence-corrected chi connectivity index (χ0v) is 53.6. The molecule has 0 nitrogen and oxygen atoms in total. The molecule has 0 heteroatoms. The molecule has 0 aromatic carbocycles. The summed E-state index contributed by atoms with van der Waals surface area (Å²) in [5, 5.41) is 0. The predicted octanol–water partition coefficient (Wildman–Crippen LogP) is 29.0. The lowest BCUT2D eigenvalue weighted by Crippen LogP contribution is -1.77. The van der Waals surface area contributed by atoms with Gasteiger partial charge >= 0.3 is 0 Å². The van der Waals surface area contributed by atoms with E-state index in [1.807, 2.05) is 0 Å². The van der Waals surface area contributed by atoms with Crippen LogP contribution in [0.2, 0.25) is 0 Å². The second-order valence-electron chi connectivity index (χ2n) is 21.8. The molecule has 434 valence electrons. The average molecular weight is 996 g/mol. The zero-order chi connectivity index (χ0) is 53.6. The van der Waals surface area contributed by atoms with Gasteiger partial charge in [-0.1, -0.05) is 456 Å². The standard InChI is InChI=1S/7C10H22/c7*1-3-5-7-9-10-8-6-4-2/h7*3-10H2,1-2H3. The van der Waals surface area contributed by atoms with E-state index in [1.54, 1.807) is 0 Å². The highest BCUT2D eigenvalue weighted by molar-refractivity contribution is 4.48. The van der Waals surface area contributed by atoms with Gasteiger partial charge in [0.1, 0.15) is 0 Å². The topological polar surface area (TPSA) is 0 Å². The summed E-state index contributed by atoms with van der Waals surface area (Å²) in [5.41, 5.74) is 0. The van der Waals surface area contributed by atoms with Crippen molar-refractivity contribution in [1.82, 2.24) is 0 Å². The summed E-state index contributed by atoms with van der Waals surface area (Å²) in [7, 11) is 0. The van der Waals surface area contributed by atoms with Gasteiger partial charge in [0, 0.05) is 0 Å². The van der Waals surface area contributed by atoms with E-state index in [2.05, 4.69) is 96.9 Å². The van der Waals surface area contributed by atoms with Crippen LogP contribution in [0.3, 0.4) is 0 Å². The molecule has 0 amide bonds. The molecule has 0 aliphatic carbocycles. The third-order valence-corrected chi connectivity index (χ3v) is 13.7. The van der Waals surface area contributed by atoms with E-state index in [9.17, 15) is 0 Å². The van der Waals surface area contributed by atoms with Crippen LogP contribution in [0.4, 0.5) is 0 Å².